The minimum atomic E-state index is -0.118. The molecule has 1 saturated heterocycles. The highest BCUT2D eigenvalue weighted by Gasteiger charge is 2.22. The molecule has 2 aliphatic heterocycles. The number of ether oxygens (including phenoxy) is 2. The molecule has 2 aromatic carbocycles. The number of carbonyl (C=O) groups is 1. The fourth-order valence-electron chi connectivity index (χ4n) is 3.95. The zero-order chi connectivity index (χ0) is 20.2. The van der Waals surface area contributed by atoms with Crippen LogP contribution in [0.2, 0.25) is 0 Å². The van der Waals surface area contributed by atoms with Gasteiger partial charge in [0.25, 0.3) is 0 Å². The molecule has 2 heterocycles. The topological polar surface area (TPSA) is 62.8 Å². The van der Waals surface area contributed by atoms with Crippen LogP contribution in [0.15, 0.2) is 42.5 Å². The van der Waals surface area contributed by atoms with Gasteiger partial charge >= 0.3 is 6.03 Å². The average Bonchev–Trinajstić information content (AvgIpc) is 3.19. The number of hydrogen-bond acceptors (Lipinski definition) is 4. The Morgan fingerprint density at radius 2 is 1.90 bits per heavy atom. The van der Waals surface area contributed by atoms with Crippen LogP contribution >= 0.6 is 0 Å². The van der Waals surface area contributed by atoms with Gasteiger partial charge in [0.2, 0.25) is 6.79 Å². The first-order valence-electron chi connectivity index (χ1n) is 10.3. The van der Waals surface area contributed by atoms with Crippen LogP contribution in [0, 0.1) is 6.92 Å². The van der Waals surface area contributed by atoms with Gasteiger partial charge in [0.05, 0.1) is 6.04 Å². The maximum Gasteiger partial charge on any atom is 0.315 e. The number of piperidine rings is 1. The van der Waals surface area contributed by atoms with E-state index in [1.54, 1.807) is 0 Å². The molecule has 154 valence electrons. The molecule has 1 unspecified atom stereocenters. The van der Waals surface area contributed by atoms with E-state index in [9.17, 15) is 4.79 Å². The predicted molar refractivity (Wildman–Crippen MR) is 112 cm³/mol. The zero-order valence-electron chi connectivity index (χ0n) is 17.1. The number of urea groups is 1. The number of carbonyl (C=O) groups excluding carboxylic acids is 1. The van der Waals surface area contributed by atoms with Crippen molar-refractivity contribution in [2.24, 2.45) is 0 Å². The summed E-state index contributed by atoms with van der Waals surface area (Å²) in [5, 5.41) is 6.17. The maximum absolute atomic E-state index is 12.5. The minimum Gasteiger partial charge on any atom is -0.454 e. The van der Waals surface area contributed by atoms with E-state index >= 15 is 0 Å². The standard InChI is InChI=1S/C23H29N3O3/c1-16-5-3-4-6-19(16)14-26-11-9-20(10-12-26)25-23(27)24-17(2)18-7-8-21-22(13-18)29-15-28-21/h3-8,13,17,20H,9-12,14-15H2,1-2H3,(H2,24,25,27). The van der Waals surface area contributed by atoms with Crippen LogP contribution in [-0.4, -0.2) is 36.9 Å². The quantitative estimate of drug-likeness (QED) is 0.809. The number of aryl methyl sites for hydroxylation is 1. The van der Waals surface area contributed by atoms with E-state index in [0.29, 0.717) is 0 Å². The first kappa shape index (κ1) is 19.6. The first-order chi connectivity index (χ1) is 14.1. The molecule has 0 bridgehead atoms. The Balaban J connectivity index is 1.23. The van der Waals surface area contributed by atoms with E-state index in [4.69, 9.17) is 9.47 Å². The Kier molecular flexibility index (Phi) is 5.90. The molecule has 1 atom stereocenters. The number of benzene rings is 2. The molecule has 29 heavy (non-hydrogen) atoms. The van der Waals surface area contributed by atoms with Crippen LogP contribution in [0.4, 0.5) is 4.79 Å². The fraction of sp³-hybridized carbons (Fsp3) is 0.435. The lowest BCUT2D eigenvalue weighted by atomic mass is 10.0. The Hall–Kier alpha value is -2.73. The monoisotopic (exact) mass is 395 g/mol. The Morgan fingerprint density at radius 1 is 1.14 bits per heavy atom. The van der Waals surface area contributed by atoms with Crippen molar-refractivity contribution in [3.8, 4) is 11.5 Å². The molecular weight excluding hydrogens is 366 g/mol. The number of rotatable bonds is 5. The molecule has 6 heteroatoms. The van der Waals surface area contributed by atoms with Gasteiger partial charge in [-0.25, -0.2) is 4.79 Å². The third-order valence-corrected chi connectivity index (χ3v) is 5.82. The van der Waals surface area contributed by atoms with Gasteiger partial charge in [-0.1, -0.05) is 30.3 Å². The summed E-state index contributed by atoms with van der Waals surface area (Å²) in [7, 11) is 0. The van der Waals surface area contributed by atoms with Crippen LogP contribution < -0.4 is 20.1 Å². The highest BCUT2D eigenvalue weighted by Crippen LogP contribution is 2.34. The molecule has 6 nitrogen and oxygen atoms in total. The number of amides is 2. The van der Waals surface area contributed by atoms with Crippen LogP contribution in [0.1, 0.15) is 42.5 Å². The van der Waals surface area contributed by atoms with Gasteiger partial charge in [0, 0.05) is 25.7 Å². The van der Waals surface area contributed by atoms with Crippen molar-refractivity contribution in [1.82, 2.24) is 15.5 Å². The number of likely N-dealkylation sites (tertiary alicyclic amines) is 1. The van der Waals surface area contributed by atoms with E-state index in [2.05, 4.69) is 46.7 Å². The van der Waals surface area contributed by atoms with E-state index in [0.717, 1.165) is 49.5 Å². The van der Waals surface area contributed by atoms with Gasteiger partial charge in [-0.15, -0.1) is 0 Å². The molecule has 0 saturated carbocycles. The van der Waals surface area contributed by atoms with Gasteiger partial charge < -0.3 is 20.1 Å². The van der Waals surface area contributed by atoms with Crippen molar-refractivity contribution in [1.29, 1.82) is 0 Å². The average molecular weight is 396 g/mol. The van der Waals surface area contributed by atoms with Gasteiger partial charge in [0.15, 0.2) is 11.5 Å². The number of nitrogens with zero attached hydrogens (tertiary/aromatic N) is 1. The SMILES string of the molecule is Cc1ccccc1CN1CCC(NC(=O)NC(C)c2ccc3c(c2)OCO3)CC1. The highest BCUT2D eigenvalue weighted by molar-refractivity contribution is 5.74. The maximum atomic E-state index is 12.5. The summed E-state index contributed by atoms with van der Waals surface area (Å²) in [6.07, 6.45) is 1.94. The molecule has 2 amide bonds. The molecule has 0 spiro atoms. The van der Waals surface area contributed by atoms with E-state index in [1.165, 1.54) is 11.1 Å². The van der Waals surface area contributed by atoms with Crippen LogP contribution in [0.3, 0.4) is 0 Å². The molecule has 2 N–H and O–H groups in total. The second kappa shape index (κ2) is 8.74. The van der Waals surface area contributed by atoms with Crippen LogP contribution in [0.5, 0.6) is 11.5 Å². The lowest BCUT2D eigenvalue weighted by Crippen LogP contribution is -2.48. The van der Waals surface area contributed by atoms with E-state index in [-0.39, 0.29) is 24.9 Å². The van der Waals surface area contributed by atoms with Crippen molar-refractivity contribution < 1.29 is 14.3 Å². The molecule has 1 fully saturated rings. The Bertz CT molecular complexity index is 862. The second-order valence-electron chi connectivity index (χ2n) is 7.93. The van der Waals surface area contributed by atoms with Gasteiger partial charge in [-0.05, 0) is 55.5 Å². The third-order valence-electron chi connectivity index (χ3n) is 5.82. The molecule has 2 aliphatic rings. The largest absolute Gasteiger partial charge is 0.454 e. The van der Waals surface area contributed by atoms with Crippen molar-refractivity contribution in [3.05, 3.63) is 59.2 Å². The summed E-state index contributed by atoms with van der Waals surface area (Å²) in [6, 6.07) is 14.3. The highest BCUT2D eigenvalue weighted by atomic mass is 16.7. The van der Waals surface area contributed by atoms with Crippen molar-refractivity contribution in [3.63, 3.8) is 0 Å². The van der Waals surface area contributed by atoms with Crippen molar-refractivity contribution in [2.45, 2.75) is 45.3 Å². The summed E-state index contributed by atoms with van der Waals surface area (Å²) in [6.45, 7) is 7.36. The van der Waals surface area contributed by atoms with E-state index < -0.39 is 0 Å². The summed E-state index contributed by atoms with van der Waals surface area (Å²) in [5.74, 6) is 1.49. The normalized spacial score (nSPS) is 17.7. The summed E-state index contributed by atoms with van der Waals surface area (Å²) >= 11 is 0. The Labute approximate surface area is 172 Å². The molecule has 0 radical (unpaired) electrons. The number of fused-ring (bicyclic) bond motifs is 1. The molecule has 0 aliphatic carbocycles. The van der Waals surface area contributed by atoms with Gasteiger partial charge in [-0.2, -0.15) is 0 Å². The second-order valence-corrected chi connectivity index (χ2v) is 7.93. The van der Waals surface area contributed by atoms with Crippen LogP contribution in [0.25, 0.3) is 0 Å². The zero-order valence-corrected chi connectivity index (χ0v) is 17.1. The summed E-state index contributed by atoms with van der Waals surface area (Å²) < 4.78 is 10.8. The first-order valence-corrected chi connectivity index (χ1v) is 10.3. The Morgan fingerprint density at radius 3 is 2.69 bits per heavy atom. The molecule has 4 rings (SSSR count). The third kappa shape index (κ3) is 4.82. The van der Waals surface area contributed by atoms with Gasteiger partial charge in [-0.3, -0.25) is 4.90 Å². The van der Waals surface area contributed by atoms with Crippen molar-refractivity contribution >= 4 is 6.03 Å². The lowest BCUT2D eigenvalue weighted by Gasteiger charge is -2.33. The van der Waals surface area contributed by atoms with Crippen LogP contribution in [-0.2, 0) is 6.54 Å². The predicted octanol–water partition coefficient (Wildman–Crippen LogP) is 3.75. The lowest BCUT2D eigenvalue weighted by molar-refractivity contribution is 0.174. The summed E-state index contributed by atoms with van der Waals surface area (Å²) in [5.41, 5.74) is 3.72. The fourth-order valence-corrected chi connectivity index (χ4v) is 3.95. The molecular formula is C23H29N3O3. The molecule has 2 aromatic rings. The van der Waals surface area contributed by atoms with E-state index in [1.807, 2.05) is 25.1 Å². The minimum absolute atomic E-state index is 0.106. The van der Waals surface area contributed by atoms with Gasteiger partial charge in [0.1, 0.15) is 0 Å². The summed E-state index contributed by atoms with van der Waals surface area (Å²) in [4.78, 5) is 14.9. The molecule has 0 aromatic heterocycles. The van der Waals surface area contributed by atoms with Crippen molar-refractivity contribution in [2.75, 3.05) is 19.9 Å². The smallest absolute Gasteiger partial charge is 0.315 e. The number of hydrogen-bond donors (Lipinski definition) is 2. The number of nitrogens with one attached hydrogen (secondary N) is 2.